The molecule has 0 heterocycles. The van der Waals surface area contributed by atoms with Gasteiger partial charge in [-0.05, 0) is 30.6 Å². The van der Waals surface area contributed by atoms with Gasteiger partial charge in [-0.1, -0.05) is 6.42 Å². The van der Waals surface area contributed by atoms with Crippen LogP contribution in [0, 0.1) is 11.3 Å². The highest BCUT2D eigenvalue weighted by molar-refractivity contribution is 5.06. The molecule has 0 radical (unpaired) electrons. The Morgan fingerprint density at radius 2 is 2.25 bits per heavy atom. The quantitative estimate of drug-likeness (QED) is 0.540. The largest absolute Gasteiger partial charge is 0.396 e. The normalized spacial score (nSPS) is 39.4. The lowest BCUT2D eigenvalue weighted by molar-refractivity contribution is 0.196. The molecular formula is C7H12O. The molecule has 1 spiro atoms. The Hall–Kier alpha value is -0.0400. The van der Waals surface area contributed by atoms with Crippen LogP contribution in [0.3, 0.4) is 0 Å². The Morgan fingerprint density at radius 3 is 2.38 bits per heavy atom. The fourth-order valence-corrected chi connectivity index (χ4v) is 1.93. The molecule has 2 rings (SSSR count). The van der Waals surface area contributed by atoms with Gasteiger partial charge in [-0.3, -0.25) is 0 Å². The highest BCUT2D eigenvalue weighted by Gasteiger charge is 2.56. The van der Waals surface area contributed by atoms with Gasteiger partial charge in [0.25, 0.3) is 0 Å². The standard InChI is InChI=1S/C7H12O/c8-5-6-4-7(6)2-1-3-7/h6,8H,1-5H2. The summed E-state index contributed by atoms with van der Waals surface area (Å²) in [6, 6.07) is 0. The highest BCUT2D eigenvalue weighted by atomic mass is 16.3. The summed E-state index contributed by atoms with van der Waals surface area (Å²) in [5, 5.41) is 8.71. The molecule has 1 unspecified atom stereocenters. The van der Waals surface area contributed by atoms with Crippen LogP contribution in [0.25, 0.3) is 0 Å². The fraction of sp³-hybridized carbons (Fsp3) is 1.00. The molecule has 0 aromatic heterocycles. The van der Waals surface area contributed by atoms with Crippen LogP contribution in [0.1, 0.15) is 25.7 Å². The number of hydrogen-bond donors (Lipinski definition) is 1. The third-order valence-corrected chi connectivity index (χ3v) is 2.93. The van der Waals surface area contributed by atoms with Gasteiger partial charge < -0.3 is 5.11 Å². The molecule has 2 aliphatic rings. The van der Waals surface area contributed by atoms with Crippen molar-refractivity contribution >= 4 is 0 Å². The molecule has 2 saturated carbocycles. The maximum absolute atomic E-state index is 8.71. The van der Waals surface area contributed by atoms with Crippen LogP contribution in [0.2, 0.25) is 0 Å². The van der Waals surface area contributed by atoms with Gasteiger partial charge in [-0.2, -0.15) is 0 Å². The Morgan fingerprint density at radius 1 is 1.50 bits per heavy atom. The topological polar surface area (TPSA) is 20.2 Å². The van der Waals surface area contributed by atoms with Crippen LogP contribution in [0.4, 0.5) is 0 Å². The molecule has 1 heteroatoms. The van der Waals surface area contributed by atoms with E-state index in [0.29, 0.717) is 17.9 Å². The van der Waals surface area contributed by atoms with Gasteiger partial charge in [0.1, 0.15) is 0 Å². The SMILES string of the molecule is OCC1CC12CCC2. The number of rotatable bonds is 1. The lowest BCUT2D eigenvalue weighted by Crippen LogP contribution is -2.15. The second kappa shape index (κ2) is 1.27. The van der Waals surface area contributed by atoms with Gasteiger partial charge in [0.15, 0.2) is 0 Å². The van der Waals surface area contributed by atoms with Crippen molar-refractivity contribution < 1.29 is 5.11 Å². The summed E-state index contributed by atoms with van der Waals surface area (Å²) in [5.74, 6) is 0.705. The minimum Gasteiger partial charge on any atom is -0.396 e. The summed E-state index contributed by atoms with van der Waals surface area (Å²) in [6.45, 7) is 0.444. The zero-order chi connectivity index (χ0) is 5.61. The molecule has 0 bridgehead atoms. The second-order valence-corrected chi connectivity index (χ2v) is 3.30. The van der Waals surface area contributed by atoms with Crippen LogP contribution in [0.15, 0.2) is 0 Å². The molecule has 0 aliphatic heterocycles. The molecule has 2 fully saturated rings. The van der Waals surface area contributed by atoms with E-state index in [-0.39, 0.29) is 0 Å². The summed E-state index contributed by atoms with van der Waals surface area (Å²) in [6.07, 6.45) is 5.54. The Balaban J connectivity index is 1.93. The molecule has 2 aliphatic carbocycles. The van der Waals surface area contributed by atoms with Crippen LogP contribution >= 0.6 is 0 Å². The first-order chi connectivity index (χ1) is 3.87. The minimum absolute atomic E-state index is 0.444. The maximum Gasteiger partial charge on any atom is 0.0464 e. The van der Waals surface area contributed by atoms with E-state index in [1.807, 2.05) is 0 Å². The molecule has 8 heavy (non-hydrogen) atoms. The molecule has 1 N–H and O–H groups in total. The molecule has 46 valence electrons. The number of hydrogen-bond acceptors (Lipinski definition) is 1. The molecule has 0 amide bonds. The summed E-state index contributed by atoms with van der Waals surface area (Å²) >= 11 is 0. The van der Waals surface area contributed by atoms with Gasteiger partial charge in [0.05, 0.1) is 0 Å². The summed E-state index contributed by atoms with van der Waals surface area (Å²) in [7, 11) is 0. The van der Waals surface area contributed by atoms with Gasteiger partial charge in [-0.25, -0.2) is 0 Å². The maximum atomic E-state index is 8.71. The molecule has 1 nitrogen and oxygen atoms in total. The van der Waals surface area contributed by atoms with E-state index in [4.69, 9.17) is 5.11 Å². The predicted molar refractivity (Wildman–Crippen MR) is 31.5 cm³/mol. The third kappa shape index (κ3) is 0.408. The van der Waals surface area contributed by atoms with Crippen molar-refractivity contribution in [3.8, 4) is 0 Å². The van der Waals surface area contributed by atoms with Crippen molar-refractivity contribution in [1.29, 1.82) is 0 Å². The van der Waals surface area contributed by atoms with Crippen molar-refractivity contribution in [1.82, 2.24) is 0 Å². The summed E-state index contributed by atoms with van der Waals surface area (Å²) < 4.78 is 0. The third-order valence-electron chi connectivity index (χ3n) is 2.93. The minimum atomic E-state index is 0.444. The van der Waals surface area contributed by atoms with Crippen LogP contribution < -0.4 is 0 Å². The Labute approximate surface area is 49.7 Å². The van der Waals surface area contributed by atoms with Crippen molar-refractivity contribution in [3.63, 3.8) is 0 Å². The van der Waals surface area contributed by atoms with Crippen molar-refractivity contribution in [3.05, 3.63) is 0 Å². The monoisotopic (exact) mass is 112 g/mol. The van der Waals surface area contributed by atoms with Crippen LogP contribution in [-0.2, 0) is 0 Å². The molecule has 0 saturated heterocycles. The van der Waals surface area contributed by atoms with E-state index >= 15 is 0 Å². The Kier molecular flexibility index (Phi) is 0.762. The smallest absolute Gasteiger partial charge is 0.0464 e. The average molecular weight is 112 g/mol. The van der Waals surface area contributed by atoms with Crippen molar-refractivity contribution in [2.45, 2.75) is 25.7 Å². The van der Waals surface area contributed by atoms with Gasteiger partial charge in [0.2, 0.25) is 0 Å². The van der Waals surface area contributed by atoms with Crippen molar-refractivity contribution in [2.75, 3.05) is 6.61 Å². The molecule has 0 aromatic rings. The number of aliphatic hydroxyl groups excluding tert-OH is 1. The highest BCUT2D eigenvalue weighted by Crippen LogP contribution is 2.65. The Bertz CT molecular complexity index is 105. The van der Waals surface area contributed by atoms with Gasteiger partial charge in [-0.15, -0.1) is 0 Å². The van der Waals surface area contributed by atoms with Gasteiger partial charge in [0, 0.05) is 6.61 Å². The first-order valence-corrected chi connectivity index (χ1v) is 3.48. The van der Waals surface area contributed by atoms with Gasteiger partial charge >= 0.3 is 0 Å². The fourth-order valence-electron chi connectivity index (χ4n) is 1.93. The van der Waals surface area contributed by atoms with E-state index in [0.717, 1.165) is 0 Å². The zero-order valence-corrected chi connectivity index (χ0v) is 5.06. The molecular weight excluding hydrogens is 100 g/mol. The lowest BCUT2D eigenvalue weighted by Gasteiger charge is -2.26. The van der Waals surface area contributed by atoms with E-state index in [2.05, 4.69) is 0 Å². The second-order valence-electron chi connectivity index (χ2n) is 3.30. The molecule has 1 atom stereocenters. The summed E-state index contributed by atoms with van der Waals surface area (Å²) in [4.78, 5) is 0. The number of aliphatic hydroxyl groups is 1. The summed E-state index contributed by atoms with van der Waals surface area (Å²) in [5.41, 5.74) is 0.689. The molecule has 0 aromatic carbocycles. The first-order valence-electron chi connectivity index (χ1n) is 3.48. The van der Waals surface area contributed by atoms with E-state index < -0.39 is 0 Å². The van der Waals surface area contributed by atoms with E-state index in [1.165, 1.54) is 25.7 Å². The predicted octanol–water partition coefficient (Wildman–Crippen LogP) is 1.17. The zero-order valence-electron chi connectivity index (χ0n) is 5.06. The van der Waals surface area contributed by atoms with Crippen molar-refractivity contribution in [2.24, 2.45) is 11.3 Å². The lowest BCUT2D eigenvalue weighted by atomic mass is 9.80. The van der Waals surface area contributed by atoms with Crippen LogP contribution in [-0.4, -0.2) is 11.7 Å². The van der Waals surface area contributed by atoms with E-state index in [9.17, 15) is 0 Å². The van der Waals surface area contributed by atoms with Crippen LogP contribution in [0.5, 0.6) is 0 Å². The average Bonchev–Trinajstić information content (AvgIpc) is 2.36. The first kappa shape index (κ1) is 4.80. The van der Waals surface area contributed by atoms with E-state index in [1.54, 1.807) is 0 Å².